The van der Waals surface area contributed by atoms with E-state index < -0.39 is 6.03 Å². The third kappa shape index (κ3) is 82.2. The van der Waals surface area contributed by atoms with Crippen LogP contribution in [0.25, 0.3) is 0 Å². The van der Waals surface area contributed by atoms with Crippen LogP contribution >= 0.6 is 0 Å². The van der Waals surface area contributed by atoms with Crippen LogP contribution in [0, 0.1) is 0 Å². The molecule has 0 aliphatic carbocycles. The number of carbonyl (C=O) groups excluding carboxylic acids is 1. The highest BCUT2D eigenvalue weighted by Gasteiger charge is 1.60. The van der Waals surface area contributed by atoms with Crippen molar-refractivity contribution in [3.05, 3.63) is 12.2 Å². The second-order valence-electron chi connectivity index (χ2n) is 1.61. The maximum absolute atomic E-state index is 9.00. The van der Waals surface area contributed by atoms with Crippen LogP contribution in [0.15, 0.2) is 12.2 Å². The molecule has 2 amide bonds. The van der Waals surface area contributed by atoms with Crippen LogP contribution in [-0.4, -0.2) is 6.03 Å². The Kier molecular flexibility index (Phi) is 7.58. The molecule has 3 nitrogen and oxygen atoms in total. The highest BCUT2D eigenvalue weighted by atomic mass is 16.2. The van der Waals surface area contributed by atoms with E-state index in [1.54, 1.807) is 0 Å². The fraction of sp³-hybridized carbons (Fsp3) is 0.400. The van der Waals surface area contributed by atoms with Gasteiger partial charge in [0.2, 0.25) is 0 Å². The van der Waals surface area contributed by atoms with Gasteiger partial charge in [0.15, 0.2) is 0 Å². The molecule has 0 rings (SSSR count). The molecule has 0 radical (unpaired) electrons. The summed E-state index contributed by atoms with van der Waals surface area (Å²) in [5, 5.41) is 0. The lowest BCUT2D eigenvalue weighted by Crippen LogP contribution is -2.18. The van der Waals surface area contributed by atoms with E-state index in [0.29, 0.717) is 0 Å². The highest BCUT2D eigenvalue weighted by Crippen LogP contribution is 1.73. The molecule has 0 aliphatic heterocycles. The van der Waals surface area contributed by atoms with Gasteiger partial charge >= 0.3 is 6.03 Å². The zero-order chi connectivity index (χ0) is 7.15. The number of rotatable bonds is 0. The summed E-state index contributed by atoms with van der Waals surface area (Å²) in [4.78, 5) is 9.00. The minimum atomic E-state index is -0.833. The van der Waals surface area contributed by atoms with Gasteiger partial charge in [-0.05, 0) is 13.8 Å². The van der Waals surface area contributed by atoms with Crippen LogP contribution < -0.4 is 11.5 Å². The smallest absolute Gasteiger partial charge is 0.309 e. The maximum atomic E-state index is 9.00. The molecule has 4 N–H and O–H groups in total. The molecule has 0 spiro atoms. The van der Waals surface area contributed by atoms with Crippen molar-refractivity contribution in [1.82, 2.24) is 0 Å². The lowest BCUT2D eigenvalue weighted by molar-refractivity contribution is 0.256. The van der Waals surface area contributed by atoms with Crippen LogP contribution in [-0.2, 0) is 0 Å². The lowest BCUT2D eigenvalue weighted by atomic mass is 10.4. The van der Waals surface area contributed by atoms with Crippen LogP contribution in [0.5, 0.6) is 0 Å². The van der Waals surface area contributed by atoms with Crippen LogP contribution in [0.3, 0.4) is 0 Å². The van der Waals surface area contributed by atoms with E-state index in [1.807, 2.05) is 13.8 Å². The fourth-order valence-corrected chi connectivity index (χ4v) is 0. The number of hydrogen-bond acceptors (Lipinski definition) is 1. The molecule has 0 aromatic heterocycles. The molecular weight excluding hydrogens is 104 g/mol. The van der Waals surface area contributed by atoms with Gasteiger partial charge < -0.3 is 11.5 Å². The van der Waals surface area contributed by atoms with E-state index in [1.165, 1.54) is 5.57 Å². The number of nitrogens with two attached hydrogens (primary N) is 2. The molecule has 0 saturated heterocycles. The lowest BCUT2D eigenvalue weighted by Gasteiger charge is -1.65. The molecule has 8 heavy (non-hydrogen) atoms. The first-order valence-corrected chi connectivity index (χ1v) is 2.14. The summed E-state index contributed by atoms with van der Waals surface area (Å²) in [6, 6.07) is -0.833. The van der Waals surface area contributed by atoms with Crippen molar-refractivity contribution in [2.75, 3.05) is 0 Å². The number of amides is 2. The first-order valence-electron chi connectivity index (χ1n) is 2.14. The summed E-state index contributed by atoms with van der Waals surface area (Å²) in [6.07, 6.45) is 0. The van der Waals surface area contributed by atoms with Crippen LogP contribution in [0.4, 0.5) is 4.79 Å². The standard InChI is InChI=1S/C4H8.CH4N2O/c1-4(2)3;2-1(3)4/h1H2,2-3H3;(H4,2,3,4). The minimum absolute atomic E-state index is 0.833. The Hall–Kier alpha value is -0.990. The van der Waals surface area contributed by atoms with Crippen LogP contribution in [0.1, 0.15) is 13.8 Å². The van der Waals surface area contributed by atoms with Crippen molar-refractivity contribution in [2.24, 2.45) is 11.5 Å². The van der Waals surface area contributed by atoms with Crippen molar-refractivity contribution < 1.29 is 4.79 Å². The van der Waals surface area contributed by atoms with E-state index in [9.17, 15) is 0 Å². The Morgan fingerprint density at radius 1 is 1.38 bits per heavy atom. The fourth-order valence-electron chi connectivity index (χ4n) is 0. The van der Waals surface area contributed by atoms with Gasteiger partial charge in [-0.1, -0.05) is 5.57 Å². The second kappa shape index (κ2) is 6.01. The minimum Gasteiger partial charge on any atom is -0.352 e. The Labute approximate surface area is 49.4 Å². The quantitative estimate of drug-likeness (QED) is 0.447. The molecule has 3 heteroatoms. The van der Waals surface area contributed by atoms with Crippen molar-refractivity contribution in [3.8, 4) is 0 Å². The summed E-state index contributed by atoms with van der Waals surface area (Å²) in [5.74, 6) is 0. The molecule has 0 heterocycles. The van der Waals surface area contributed by atoms with E-state index in [4.69, 9.17) is 4.79 Å². The molecule has 0 fully saturated rings. The summed E-state index contributed by atoms with van der Waals surface area (Å²) >= 11 is 0. The third-order valence-electron chi connectivity index (χ3n) is 0. The van der Waals surface area contributed by atoms with Crippen molar-refractivity contribution in [1.29, 1.82) is 0 Å². The number of urea groups is 1. The largest absolute Gasteiger partial charge is 0.352 e. The molecule has 48 valence electrons. The van der Waals surface area contributed by atoms with Gasteiger partial charge in [-0.3, -0.25) is 0 Å². The summed E-state index contributed by atoms with van der Waals surface area (Å²) in [5.41, 5.74) is 9.67. The van der Waals surface area contributed by atoms with Gasteiger partial charge in [-0.25, -0.2) is 4.79 Å². The average molecular weight is 116 g/mol. The second-order valence-corrected chi connectivity index (χ2v) is 1.61. The Bertz CT molecular complexity index is 68.4. The maximum Gasteiger partial charge on any atom is 0.309 e. The Morgan fingerprint density at radius 2 is 1.38 bits per heavy atom. The number of primary amides is 2. The summed E-state index contributed by atoms with van der Waals surface area (Å²) in [7, 11) is 0. The predicted molar refractivity (Wildman–Crippen MR) is 34.3 cm³/mol. The van der Waals surface area contributed by atoms with Crippen molar-refractivity contribution in [3.63, 3.8) is 0 Å². The molecule has 0 aromatic rings. The van der Waals surface area contributed by atoms with Gasteiger partial charge in [0, 0.05) is 0 Å². The highest BCUT2D eigenvalue weighted by molar-refractivity contribution is 5.69. The first-order chi connectivity index (χ1) is 3.46. The van der Waals surface area contributed by atoms with E-state index >= 15 is 0 Å². The van der Waals surface area contributed by atoms with Gasteiger partial charge in [0.25, 0.3) is 0 Å². The third-order valence-corrected chi connectivity index (χ3v) is 0. The topological polar surface area (TPSA) is 69.1 Å². The zero-order valence-electron chi connectivity index (χ0n) is 5.27. The van der Waals surface area contributed by atoms with Crippen LogP contribution in [0.2, 0.25) is 0 Å². The van der Waals surface area contributed by atoms with Crippen molar-refractivity contribution >= 4 is 6.03 Å². The molecule has 0 aromatic carbocycles. The van der Waals surface area contributed by atoms with E-state index in [-0.39, 0.29) is 0 Å². The Morgan fingerprint density at radius 3 is 1.38 bits per heavy atom. The normalized spacial score (nSPS) is 6.25. The van der Waals surface area contributed by atoms with Crippen molar-refractivity contribution in [2.45, 2.75) is 13.8 Å². The number of allylic oxidation sites excluding steroid dienone is 1. The van der Waals surface area contributed by atoms with Gasteiger partial charge in [0.05, 0.1) is 0 Å². The molecule has 0 saturated carbocycles. The molecule has 0 atom stereocenters. The monoisotopic (exact) mass is 116 g/mol. The SMILES string of the molecule is C=C(C)C.NC(N)=O. The van der Waals surface area contributed by atoms with E-state index in [2.05, 4.69) is 18.0 Å². The first kappa shape index (κ1) is 10.1. The van der Waals surface area contributed by atoms with Gasteiger partial charge in [0.1, 0.15) is 0 Å². The van der Waals surface area contributed by atoms with E-state index in [0.717, 1.165) is 0 Å². The number of carbonyl (C=O) groups is 1. The summed E-state index contributed by atoms with van der Waals surface area (Å²) in [6.45, 7) is 7.50. The Balaban J connectivity index is 0. The molecule has 0 unspecified atom stereocenters. The molecular formula is C5H12N2O. The molecule has 0 aliphatic rings. The van der Waals surface area contributed by atoms with Gasteiger partial charge in [-0.2, -0.15) is 0 Å². The zero-order valence-corrected chi connectivity index (χ0v) is 5.27. The average Bonchev–Trinajstić information content (AvgIpc) is 1.25. The predicted octanol–water partition coefficient (Wildman–Crippen LogP) is 0.606. The molecule has 0 bridgehead atoms. The number of hydrogen-bond donors (Lipinski definition) is 2. The summed E-state index contributed by atoms with van der Waals surface area (Å²) < 4.78 is 0. The van der Waals surface area contributed by atoms with Gasteiger partial charge in [-0.15, -0.1) is 6.58 Å².